The summed E-state index contributed by atoms with van der Waals surface area (Å²) in [7, 11) is 2.87. The maximum absolute atomic E-state index is 14.3. The summed E-state index contributed by atoms with van der Waals surface area (Å²) in [5, 5.41) is 0. The molecule has 23 heavy (non-hydrogen) atoms. The summed E-state index contributed by atoms with van der Waals surface area (Å²) in [5.41, 5.74) is -0.0268. The SMILES string of the molecule is COc1cc(F)c(C(=O)N2CCCC2c2ncc[nH]2)cc1OC. The van der Waals surface area contributed by atoms with Gasteiger partial charge in [0.05, 0.1) is 25.8 Å². The number of nitrogens with one attached hydrogen (secondary N) is 1. The van der Waals surface area contributed by atoms with Crippen molar-refractivity contribution in [1.82, 2.24) is 14.9 Å². The second-order valence-electron chi connectivity index (χ2n) is 5.32. The molecule has 0 bridgehead atoms. The van der Waals surface area contributed by atoms with Crippen LogP contribution in [0, 0.1) is 5.82 Å². The third-order valence-corrected chi connectivity index (χ3v) is 4.05. The summed E-state index contributed by atoms with van der Waals surface area (Å²) in [5.74, 6) is 0.299. The summed E-state index contributed by atoms with van der Waals surface area (Å²) in [6.45, 7) is 0.567. The van der Waals surface area contributed by atoms with Crippen LogP contribution in [0.3, 0.4) is 0 Å². The number of halogens is 1. The van der Waals surface area contributed by atoms with Gasteiger partial charge in [-0.2, -0.15) is 0 Å². The Morgan fingerprint density at radius 1 is 1.35 bits per heavy atom. The van der Waals surface area contributed by atoms with Crippen molar-refractivity contribution in [3.8, 4) is 11.5 Å². The summed E-state index contributed by atoms with van der Waals surface area (Å²) in [6.07, 6.45) is 5.01. The topological polar surface area (TPSA) is 67.5 Å². The molecule has 6 nitrogen and oxygen atoms in total. The zero-order chi connectivity index (χ0) is 16.4. The van der Waals surface area contributed by atoms with Crippen molar-refractivity contribution in [2.75, 3.05) is 20.8 Å². The molecule has 2 heterocycles. The normalized spacial score (nSPS) is 17.3. The van der Waals surface area contributed by atoms with Crippen molar-refractivity contribution in [3.63, 3.8) is 0 Å². The van der Waals surface area contributed by atoms with E-state index < -0.39 is 5.82 Å². The van der Waals surface area contributed by atoms with Gasteiger partial charge in [-0.3, -0.25) is 4.79 Å². The van der Waals surface area contributed by atoms with Gasteiger partial charge >= 0.3 is 0 Å². The van der Waals surface area contributed by atoms with Crippen LogP contribution < -0.4 is 9.47 Å². The van der Waals surface area contributed by atoms with Crippen molar-refractivity contribution in [2.45, 2.75) is 18.9 Å². The van der Waals surface area contributed by atoms with Gasteiger partial charge in [0.15, 0.2) is 11.5 Å². The highest BCUT2D eigenvalue weighted by atomic mass is 19.1. The van der Waals surface area contributed by atoms with E-state index in [0.29, 0.717) is 12.3 Å². The number of hydrogen-bond donors (Lipinski definition) is 1. The molecule has 1 saturated heterocycles. The molecule has 1 aliphatic rings. The van der Waals surface area contributed by atoms with Crippen LogP contribution in [0.4, 0.5) is 4.39 Å². The predicted molar refractivity (Wildman–Crippen MR) is 81.1 cm³/mol. The molecule has 1 aromatic carbocycles. The first kappa shape index (κ1) is 15.3. The molecule has 7 heteroatoms. The van der Waals surface area contributed by atoms with Crippen molar-refractivity contribution >= 4 is 5.91 Å². The quantitative estimate of drug-likeness (QED) is 0.940. The number of benzene rings is 1. The maximum Gasteiger partial charge on any atom is 0.257 e. The monoisotopic (exact) mass is 319 g/mol. The second kappa shape index (κ2) is 6.28. The van der Waals surface area contributed by atoms with E-state index in [4.69, 9.17) is 9.47 Å². The largest absolute Gasteiger partial charge is 0.493 e. The zero-order valence-corrected chi connectivity index (χ0v) is 13.0. The lowest BCUT2D eigenvalue weighted by Gasteiger charge is -2.24. The van der Waals surface area contributed by atoms with Crippen LogP contribution in [-0.2, 0) is 0 Å². The summed E-state index contributed by atoms with van der Waals surface area (Å²) in [4.78, 5) is 21.7. The number of imidazole rings is 1. The molecule has 1 unspecified atom stereocenters. The average molecular weight is 319 g/mol. The van der Waals surface area contributed by atoms with E-state index >= 15 is 0 Å². The number of aromatic nitrogens is 2. The van der Waals surface area contributed by atoms with Crippen LogP contribution in [0.15, 0.2) is 24.5 Å². The molecule has 0 radical (unpaired) electrons. The van der Waals surface area contributed by atoms with E-state index in [1.54, 1.807) is 17.3 Å². The van der Waals surface area contributed by atoms with Gasteiger partial charge in [-0.05, 0) is 18.9 Å². The van der Waals surface area contributed by atoms with Crippen LogP contribution in [0.25, 0.3) is 0 Å². The number of carbonyl (C=O) groups is 1. The van der Waals surface area contributed by atoms with Gasteiger partial charge in [0.2, 0.25) is 0 Å². The van der Waals surface area contributed by atoms with E-state index in [0.717, 1.165) is 18.7 Å². The van der Waals surface area contributed by atoms with Gasteiger partial charge in [-0.25, -0.2) is 9.37 Å². The number of rotatable bonds is 4. The first-order valence-electron chi connectivity index (χ1n) is 7.37. The van der Waals surface area contributed by atoms with Crippen LogP contribution >= 0.6 is 0 Å². The van der Waals surface area contributed by atoms with E-state index in [1.165, 1.54) is 26.4 Å². The van der Waals surface area contributed by atoms with Crippen molar-refractivity contribution in [1.29, 1.82) is 0 Å². The summed E-state index contributed by atoms with van der Waals surface area (Å²) in [6, 6.07) is 2.39. The molecule has 0 saturated carbocycles. The highest BCUT2D eigenvalue weighted by Crippen LogP contribution is 2.34. The van der Waals surface area contributed by atoms with E-state index in [1.807, 2.05) is 0 Å². The van der Waals surface area contributed by atoms with E-state index in [2.05, 4.69) is 9.97 Å². The van der Waals surface area contributed by atoms with Crippen molar-refractivity contribution < 1.29 is 18.7 Å². The maximum atomic E-state index is 14.3. The van der Waals surface area contributed by atoms with E-state index in [-0.39, 0.29) is 23.3 Å². The van der Waals surface area contributed by atoms with E-state index in [9.17, 15) is 9.18 Å². The summed E-state index contributed by atoms with van der Waals surface area (Å²) >= 11 is 0. The fourth-order valence-electron chi connectivity index (χ4n) is 2.93. The minimum Gasteiger partial charge on any atom is -0.493 e. The molecular formula is C16H18FN3O3. The second-order valence-corrected chi connectivity index (χ2v) is 5.32. The molecule has 3 rings (SSSR count). The number of carbonyl (C=O) groups excluding carboxylic acids is 1. The molecule has 1 atom stereocenters. The third kappa shape index (κ3) is 2.74. The Morgan fingerprint density at radius 3 is 2.74 bits per heavy atom. The van der Waals surface area contributed by atoms with Gasteiger partial charge in [0, 0.05) is 25.0 Å². The molecule has 0 spiro atoms. The number of aromatic amines is 1. The molecule has 1 fully saturated rings. The van der Waals surface area contributed by atoms with Crippen LogP contribution in [0.1, 0.15) is 35.1 Å². The molecule has 1 aliphatic heterocycles. The van der Waals surface area contributed by atoms with Gasteiger partial charge in [0.25, 0.3) is 5.91 Å². The Labute approximate surface area is 133 Å². The summed E-state index contributed by atoms with van der Waals surface area (Å²) < 4.78 is 24.5. The molecule has 0 aliphatic carbocycles. The Morgan fingerprint density at radius 2 is 2.09 bits per heavy atom. The number of ether oxygens (including phenoxy) is 2. The Hall–Kier alpha value is -2.57. The van der Waals surface area contributed by atoms with Gasteiger partial charge in [0.1, 0.15) is 11.6 Å². The van der Waals surface area contributed by atoms with Gasteiger partial charge in [-0.1, -0.05) is 0 Å². The number of hydrogen-bond acceptors (Lipinski definition) is 4. The number of nitrogens with zero attached hydrogens (tertiary/aromatic N) is 2. The minimum absolute atomic E-state index is 0.0268. The van der Waals surface area contributed by atoms with Crippen LogP contribution in [-0.4, -0.2) is 41.5 Å². The fourth-order valence-corrected chi connectivity index (χ4v) is 2.93. The molecular weight excluding hydrogens is 301 g/mol. The first-order chi connectivity index (χ1) is 11.2. The number of methoxy groups -OCH3 is 2. The zero-order valence-electron chi connectivity index (χ0n) is 13.0. The molecule has 1 N–H and O–H groups in total. The standard InChI is InChI=1S/C16H18FN3O3/c1-22-13-8-10(11(17)9-14(13)23-2)16(21)20-7-3-4-12(20)15-18-5-6-19-15/h5-6,8-9,12H,3-4,7H2,1-2H3,(H,18,19). The lowest BCUT2D eigenvalue weighted by molar-refractivity contribution is 0.0725. The van der Waals surface area contributed by atoms with Gasteiger partial charge in [-0.15, -0.1) is 0 Å². The lowest BCUT2D eigenvalue weighted by Crippen LogP contribution is -2.31. The number of likely N-dealkylation sites (tertiary alicyclic amines) is 1. The minimum atomic E-state index is -0.627. The van der Waals surface area contributed by atoms with Crippen molar-refractivity contribution in [2.24, 2.45) is 0 Å². The Balaban J connectivity index is 1.93. The molecule has 2 aromatic rings. The fraction of sp³-hybridized carbons (Fsp3) is 0.375. The van der Waals surface area contributed by atoms with Crippen LogP contribution in [0.2, 0.25) is 0 Å². The number of H-pyrrole nitrogens is 1. The number of amides is 1. The lowest BCUT2D eigenvalue weighted by atomic mass is 10.1. The average Bonchev–Trinajstić information content (AvgIpc) is 3.24. The molecule has 1 amide bonds. The predicted octanol–water partition coefficient (Wildman–Crippen LogP) is 2.54. The van der Waals surface area contributed by atoms with Crippen molar-refractivity contribution in [3.05, 3.63) is 41.7 Å². The third-order valence-electron chi connectivity index (χ3n) is 4.05. The van der Waals surface area contributed by atoms with Gasteiger partial charge < -0.3 is 19.4 Å². The molecule has 1 aromatic heterocycles. The highest BCUT2D eigenvalue weighted by molar-refractivity contribution is 5.95. The highest BCUT2D eigenvalue weighted by Gasteiger charge is 2.33. The first-order valence-corrected chi connectivity index (χ1v) is 7.37. The Bertz CT molecular complexity index is 703. The molecule has 122 valence electrons. The Kier molecular flexibility index (Phi) is 4.18. The van der Waals surface area contributed by atoms with Crippen LogP contribution in [0.5, 0.6) is 11.5 Å². The smallest absolute Gasteiger partial charge is 0.257 e.